The van der Waals surface area contributed by atoms with Crippen molar-refractivity contribution in [2.45, 2.75) is 46.7 Å². The van der Waals surface area contributed by atoms with Crippen LogP contribution in [-0.4, -0.2) is 19.1 Å². The summed E-state index contributed by atoms with van der Waals surface area (Å²) in [6.45, 7) is 7.88. The molecule has 6 heteroatoms. The van der Waals surface area contributed by atoms with Gasteiger partial charge in [0.1, 0.15) is 17.4 Å². The minimum Gasteiger partial charge on any atom is -0.345 e. The number of nitrogens with zero attached hydrogens (tertiary/aromatic N) is 5. The van der Waals surface area contributed by atoms with Gasteiger partial charge in [0.25, 0.3) is 0 Å². The molecule has 5 nitrogen and oxygen atoms in total. The van der Waals surface area contributed by atoms with Gasteiger partial charge in [-0.15, -0.1) is 0 Å². The number of imidazole rings is 1. The summed E-state index contributed by atoms with van der Waals surface area (Å²) in [7, 11) is 0. The smallest absolute Gasteiger partial charge is 0.160 e. The first-order chi connectivity index (χ1) is 14.6. The van der Waals surface area contributed by atoms with E-state index in [1.807, 2.05) is 18.5 Å². The van der Waals surface area contributed by atoms with Gasteiger partial charge in [0.2, 0.25) is 0 Å². The van der Waals surface area contributed by atoms with Crippen LogP contribution in [-0.2, 0) is 19.5 Å². The molecule has 0 saturated heterocycles. The largest absolute Gasteiger partial charge is 0.345 e. The van der Waals surface area contributed by atoms with E-state index in [2.05, 4.69) is 81.2 Å². The highest BCUT2D eigenvalue weighted by molar-refractivity contribution is 9.10. The number of hydrogen-bond acceptors (Lipinski definition) is 3. The Morgan fingerprint density at radius 1 is 1.13 bits per heavy atom. The molecule has 0 N–H and O–H groups in total. The quantitative estimate of drug-likeness (QED) is 0.361. The third kappa shape index (κ3) is 3.54. The first kappa shape index (κ1) is 20.4. The van der Waals surface area contributed by atoms with Crippen molar-refractivity contribution in [3.63, 3.8) is 0 Å². The van der Waals surface area contributed by atoms with Crippen molar-refractivity contribution >= 4 is 27.1 Å². The summed E-state index contributed by atoms with van der Waals surface area (Å²) < 4.78 is 5.17. The van der Waals surface area contributed by atoms with Crippen LogP contribution >= 0.6 is 15.9 Å². The van der Waals surface area contributed by atoms with Crippen LogP contribution in [0.4, 0.5) is 0 Å². The Balaban J connectivity index is 1.72. The van der Waals surface area contributed by atoms with Gasteiger partial charge in [-0.3, -0.25) is 0 Å². The van der Waals surface area contributed by atoms with E-state index in [1.54, 1.807) is 0 Å². The summed E-state index contributed by atoms with van der Waals surface area (Å²) in [4.78, 5) is 9.48. The zero-order valence-corrected chi connectivity index (χ0v) is 19.1. The van der Waals surface area contributed by atoms with Gasteiger partial charge in [0.05, 0.1) is 22.3 Å². The maximum absolute atomic E-state index is 9.59. The van der Waals surface area contributed by atoms with Gasteiger partial charge in [-0.25, -0.2) is 9.97 Å². The van der Waals surface area contributed by atoms with Crippen molar-refractivity contribution in [1.82, 2.24) is 19.1 Å². The fourth-order valence-corrected chi connectivity index (χ4v) is 4.43. The first-order valence-electron chi connectivity index (χ1n) is 10.3. The van der Waals surface area contributed by atoms with E-state index >= 15 is 0 Å². The van der Waals surface area contributed by atoms with Crippen LogP contribution in [0.15, 0.2) is 47.2 Å². The Morgan fingerprint density at radius 3 is 2.57 bits per heavy atom. The molecule has 0 atom stereocenters. The highest BCUT2D eigenvalue weighted by Crippen LogP contribution is 2.31. The molecule has 3 aromatic heterocycles. The molecule has 0 amide bonds. The lowest BCUT2D eigenvalue weighted by Gasteiger charge is -2.11. The average Bonchev–Trinajstić information content (AvgIpc) is 3.27. The molecule has 3 heterocycles. The number of aryl methyl sites for hydroxylation is 3. The van der Waals surface area contributed by atoms with Crippen LogP contribution in [0.3, 0.4) is 0 Å². The molecule has 0 aliphatic rings. The van der Waals surface area contributed by atoms with Crippen molar-refractivity contribution in [2.75, 3.05) is 0 Å². The van der Waals surface area contributed by atoms with Crippen molar-refractivity contribution < 1.29 is 0 Å². The van der Waals surface area contributed by atoms with Crippen molar-refractivity contribution in [2.24, 2.45) is 0 Å². The number of rotatable bonds is 6. The molecule has 4 rings (SSSR count). The van der Waals surface area contributed by atoms with E-state index in [9.17, 15) is 5.26 Å². The van der Waals surface area contributed by atoms with Crippen LogP contribution in [0.5, 0.6) is 0 Å². The summed E-state index contributed by atoms with van der Waals surface area (Å²) in [6, 6.07) is 12.8. The highest BCUT2D eigenvalue weighted by Gasteiger charge is 2.16. The fraction of sp³-hybridized carbons (Fsp3) is 0.292. The van der Waals surface area contributed by atoms with E-state index in [-0.39, 0.29) is 0 Å². The molecule has 0 fully saturated rings. The lowest BCUT2D eigenvalue weighted by atomic mass is 10.1. The molecule has 152 valence electrons. The molecule has 0 aliphatic carbocycles. The summed E-state index contributed by atoms with van der Waals surface area (Å²) >= 11 is 3.51. The van der Waals surface area contributed by atoms with E-state index in [4.69, 9.17) is 4.98 Å². The second-order valence-electron chi connectivity index (χ2n) is 7.46. The molecule has 0 saturated carbocycles. The minimum absolute atomic E-state index is 0.676. The molecule has 0 unspecified atom stereocenters. The van der Waals surface area contributed by atoms with Crippen molar-refractivity contribution in [1.29, 1.82) is 5.26 Å². The highest BCUT2D eigenvalue weighted by atomic mass is 79.9. The van der Waals surface area contributed by atoms with Gasteiger partial charge in [-0.1, -0.05) is 31.2 Å². The Kier molecular flexibility index (Phi) is 5.74. The Bertz CT molecular complexity index is 1240. The van der Waals surface area contributed by atoms with Crippen LogP contribution in [0.1, 0.15) is 42.8 Å². The summed E-state index contributed by atoms with van der Waals surface area (Å²) in [5.74, 6) is 1.08. The van der Waals surface area contributed by atoms with E-state index in [1.165, 1.54) is 5.56 Å². The number of hydrogen-bond donors (Lipinski definition) is 0. The molecule has 0 bridgehead atoms. The van der Waals surface area contributed by atoms with E-state index in [0.29, 0.717) is 5.56 Å². The summed E-state index contributed by atoms with van der Waals surface area (Å²) in [5, 5.41) is 9.59. The zero-order valence-electron chi connectivity index (χ0n) is 17.5. The molecule has 0 spiro atoms. The summed E-state index contributed by atoms with van der Waals surface area (Å²) in [5.41, 5.74) is 6.94. The van der Waals surface area contributed by atoms with Gasteiger partial charge in [0, 0.05) is 25.4 Å². The standard InChI is InChI=1S/C24H24BrN5/c1-4-6-21-28-22-16(3)11-12-27-24(22)30(21)14-17-7-9-18(10-8-17)23-19(13-26)20(25)15-29(23)5-2/h7-12,15H,4-6,14H2,1-3H3. The number of fused-ring (bicyclic) bond motifs is 1. The SMILES string of the molecule is CCCc1nc2c(C)ccnc2n1Cc1ccc(-c2c(C#N)c(Br)cn2CC)cc1. The number of benzene rings is 1. The van der Waals surface area contributed by atoms with Gasteiger partial charge < -0.3 is 9.13 Å². The number of nitriles is 1. The average molecular weight is 462 g/mol. The molecule has 0 radical (unpaired) electrons. The van der Waals surface area contributed by atoms with Gasteiger partial charge in [-0.2, -0.15) is 5.26 Å². The number of halogens is 1. The second-order valence-corrected chi connectivity index (χ2v) is 8.31. The number of aromatic nitrogens is 4. The van der Waals surface area contributed by atoms with E-state index < -0.39 is 0 Å². The molecule has 1 aromatic carbocycles. The monoisotopic (exact) mass is 461 g/mol. The normalized spacial score (nSPS) is 11.2. The predicted octanol–water partition coefficient (Wildman–Crippen LogP) is 5.86. The maximum atomic E-state index is 9.59. The fourth-order valence-electron chi connectivity index (χ4n) is 3.90. The van der Waals surface area contributed by atoms with Crippen molar-refractivity contribution in [3.05, 3.63) is 69.7 Å². The molecular weight excluding hydrogens is 438 g/mol. The minimum atomic E-state index is 0.676. The number of pyridine rings is 1. The molecule has 0 aliphatic heterocycles. The molecule has 4 aromatic rings. The Hall–Kier alpha value is -2.91. The van der Waals surface area contributed by atoms with Crippen LogP contribution in [0.25, 0.3) is 22.4 Å². The van der Waals surface area contributed by atoms with Gasteiger partial charge in [0.15, 0.2) is 5.65 Å². The van der Waals surface area contributed by atoms with Crippen LogP contribution in [0.2, 0.25) is 0 Å². The third-order valence-electron chi connectivity index (χ3n) is 5.44. The second kappa shape index (κ2) is 8.45. The molecule has 30 heavy (non-hydrogen) atoms. The molecular formula is C24H24BrN5. The third-order valence-corrected chi connectivity index (χ3v) is 6.04. The Labute approximate surface area is 185 Å². The maximum Gasteiger partial charge on any atom is 0.160 e. The lowest BCUT2D eigenvalue weighted by molar-refractivity contribution is 0.716. The topological polar surface area (TPSA) is 59.4 Å². The van der Waals surface area contributed by atoms with Crippen LogP contribution < -0.4 is 0 Å². The van der Waals surface area contributed by atoms with E-state index in [0.717, 1.165) is 64.2 Å². The first-order valence-corrected chi connectivity index (χ1v) is 11.0. The van der Waals surface area contributed by atoms with Crippen molar-refractivity contribution in [3.8, 4) is 17.3 Å². The Morgan fingerprint density at radius 2 is 1.90 bits per heavy atom. The zero-order chi connectivity index (χ0) is 21.3. The van der Waals surface area contributed by atoms with Gasteiger partial charge in [-0.05, 0) is 59.0 Å². The summed E-state index contributed by atoms with van der Waals surface area (Å²) in [6.07, 6.45) is 5.80. The predicted molar refractivity (Wildman–Crippen MR) is 123 cm³/mol. The van der Waals surface area contributed by atoms with Gasteiger partial charge >= 0.3 is 0 Å². The lowest BCUT2D eigenvalue weighted by Crippen LogP contribution is -2.06. The van der Waals surface area contributed by atoms with Crippen LogP contribution in [0, 0.1) is 18.3 Å².